The molecule has 0 radical (unpaired) electrons. The number of amides is 1. The molecular weight excluding hydrogens is 320 g/mol. The van der Waals surface area contributed by atoms with Gasteiger partial charge in [0.15, 0.2) is 0 Å². The number of thioether (sulfide) groups is 1. The molecule has 3 rings (SSSR count). The van der Waals surface area contributed by atoms with E-state index in [9.17, 15) is 4.79 Å². The lowest BCUT2D eigenvalue weighted by molar-refractivity contribution is -0.118. The van der Waals surface area contributed by atoms with Gasteiger partial charge in [-0.05, 0) is 42.3 Å². The summed E-state index contributed by atoms with van der Waals surface area (Å²) < 4.78 is 5.74. The van der Waals surface area contributed by atoms with Crippen LogP contribution in [-0.4, -0.2) is 24.8 Å². The second-order valence-electron chi connectivity index (χ2n) is 5.72. The van der Waals surface area contributed by atoms with Crippen LogP contribution in [0.2, 0.25) is 0 Å². The van der Waals surface area contributed by atoms with Gasteiger partial charge in [-0.2, -0.15) is 5.26 Å². The van der Waals surface area contributed by atoms with Gasteiger partial charge in [-0.1, -0.05) is 18.2 Å². The van der Waals surface area contributed by atoms with Crippen LogP contribution in [0.15, 0.2) is 53.4 Å². The average Bonchev–Trinajstić information content (AvgIpc) is 2.65. The Bertz CT molecular complexity index is 753. The molecule has 1 aliphatic rings. The zero-order chi connectivity index (χ0) is 16.8. The fourth-order valence-electron chi connectivity index (χ4n) is 2.61. The van der Waals surface area contributed by atoms with Gasteiger partial charge in [-0.3, -0.25) is 4.79 Å². The normalized spacial score (nSPS) is 15.7. The Morgan fingerprint density at radius 2 is 2.04 bits per heavy atom. The molecule has 0 aliphatic carbocycles. The maximum atomic E-state index is 12.0. The van der Waals surface area contributed by atoms with Gasteiger partial charge in [-0.15, -0.1) is 11.8 Å². The average molecular weight is 338 g/mol. The lowest BCUT2D eigenvalue weighted by atomic mass is 9.97. The first-order chi connectivity index (χ1) is 11.7. The zero-order valence-corrected chi connectivity index (χ0v) is 14.0. The molecule has 2 aromatic rings. The van der Waals surface area contributed by atoms with E-state index in [0.717, 1.165) is 17.1 Å². The highest BCUT2D eigenvalue weighted by Crippen LogP contribution is 2.26. The van der Waals surface area contributed by atoms with Gasteiger partial charge in [0.05, 0.1) is 24.0 Å². The molecule has 0 saturated carbocycles. The molecular formula is C19H18N2O2S. The molecule has 1 amide bonds. The fourth-order valence-corrected chi connectivity index (χ4v) is 3.33. The Morgan fingerprint density at radius 1 is 1.25 bits per heavy atom. The Balaban J connectivity index is 1.42. The van der Waals surface area contributed by atoms with E-state index in [0.29, 0.717) is 30.4 Å². The summed E-state index contributed by atoms with van der Waals surface area (Å²) in [6.45, 7) is 1.27. The third-order valence-electron chi connectivity index (χ3n) is 3.90. The first-order valence-corrected chi connectivity index (χ1v) is 8.83. The van der Waals surface area contributed by atoms with E-state index in [1.54, 1.807) is 12.1 Å². The Kier molecular flexibility index (Phi) is 5.39. The molecule has 0 aromatic heterocycles. The minimum atomic E-state index is 0.0169. The summed E-state index contributed by atoms with van der Waals surface area (Å²) >= 11 is 1.47. The number of nitriles is 1. The number of benzene rings is 2. The monoisotopic (exact) mass is 338 g/mol. The van der Waals surface area contributed by atoms with Crippen LogP contribution in [0.5, 0.6) is 5.75 Å². The third kappa shape index (κ3) is 4.30. The van der Waals surface area contributed by atoms with Crippen LogP contribution in [0.4, 0.5) is 0 Å². The Labute approximate surface area is 145 Å². The van der Waals surface area contributed by atoms with Crippen molar-refractivity contribution in [3.63, 3.8) is 0 Å². The molecule has 1 unspecified atom stereocenters. The summed E-state index contributed by atoms with van der Waals surface area (Å²) in [5.74, 6) is 1.65. The number of carbonyl (C=O) groups is 1. The largest absolute Gasteiger partial charge is 0.493 e. The minimum Gasteiger partial charge on any atom is -0.493 e. The van der Waals surface area contributed by atoms with Crippen molar-refractivity contribution in [1.29, 1.82) is 5.26 Å². The maximum Gasteiger partial charge on any atom is 0.230 e. The molecule has 1 heterocycles. The van der Waals surface area contributed by atoms with E-state index in [-0.39, 0.29) is 5.91 Å². The zero-order valence-electron chi connectivity index (χ0n) is 13.2. The number of rotatable bonds is 5. The summed E-state index contributed by atoms with van der Waals surface area (Å²) in [7, 11) is 0. The number of ether oxygens (including phenoxy) is 1. The van der Waals surface area contributed by atoms with Crippen molar-refractivity contribution < 1.29 is 9.53 Å². The van der Waals surface area contributed by atoms with Crippen molar-refractivity contribution >= 4 is 17.7 Å². The van der Waals surface area contributed by atoms with Crippen molar-refractivity contribution in [3.8, 4) is 11.8 Å². The molecule has 0 bridgehead atoms. The molecule has 5 heteroatoms. The third-order valence-corrected chi connectivity index (χ3v) is 4.91. The second-order valence-corrected chi connectivity index (χ2v) is 6.77. The molecule has 0 spiro atoms. The molecule has 4 nitrogen and oxygen atoms in total. The molecule has 24 heavy (non-hydrogen) atoms. The van der Waals surface area contributed by atoms with E-state index < -0.39 is 0 Å². The number of para-hydroxylation sites is 1. The number of hydrogen-bond donors (Lipinski definition) is 1. The topological polar surface area (TPSA) is 62.1 Å². The Hall–Kier alpha value is -2.45. The molecule has 1 aliphatic heterocycles. The van der Waals surface area contributed by atoms with Gasteiger partial charge in [0, 0.05) is 17.4 Å². The predicted octanol–water partition coefficient (Wildman–Crippen LogP) is 3.02. The van der Waals surface area contributed by atoms with Crippen LogP contribution in [0, 0.1) is 17.2 Å². The van der Waals surface area contributed by atoms with Crippen molar-refractivity contribution in [2.45, 2.75) is 11.3 Å². The van der Waals surface area contributed by atoms with E-state index >= 15 is 0 Å². The summed E-state index contributed by atoms with van der Waals surface area (Å²) in [6, 6.07) is 17.4. The van der Waals surface area contributed by atoms with Gasteiger partial charge in [0.1, 0.15) is 5.75 Å². The highest BCUT2D eigenvalue weighted by molar-refractivity contribution is 8.00. The lowest BCUT2D eigenvalue weighted by Gasteiger charge is -2.25. The van der Waals surface area contributed by atoms with Gasteiger partial charge in [-0.25, -0.2) is 0 Å². The standard InChI is InChI=1S/C19H18N2O2S/c20-10-14-5-7-17(8-6-14)24-13-19(22)21-11-15-9-16-3-1-2-4-18(16)23-12-15/h1-8,15H,9,11-13H2,(H,21,22). The predicted molar refractivity (Wildman–Crippen MR) is 94.0 cm³/mol. The number of hydrogen-bond acceptors (Lipinski definition) is 4. The van der Waals surface area contributed by atoms with Crippen LogP contribution >= 0.6 is 11.8 Å². The first-order valence-electron chi connectivity index (χ1n) is 7.85. The van der Waals surface area contributed by atoms with Crippen molar-refractivity contribution in [3.05, 3.63) is 59.7 Å². The summed E-state index contributed by atoms with van der Waals surface area (Å²) in [5, 5.41) is 11.8. The van der Waals surface area contributed by atoms with Gasteiger partial charge < -0.3 is 10.1 Å². The molecule has 122 valence electrons. The molecule has 0 fully saturated rings. The SMILES string of the molecule is N#Cc1ccc(SCC(=O)NCC2COc3ccccc3C2)cc1. The van der Waals surface area contributed by atoms with Crippen LogP contribution in [0.3, 0.4) is 0 Å². The molecule has 0 saturated heterocycles. The van der Waals surface area contributed by atoms with Crippen molar-refractivity contribution in [2.75, 3.05) is 18.9 Å². The highest BCUT2D eigenvalue weighted by atomic mass is 32.2. The van der Waals surface area contributed by atoms with E-state index in [2.05, 4.69) is 17.5 Å². The smallest absolute Gasteiger partial charge is 0.230 e. The van der Waals surface area contributed by atoms with E-state index in [1.807, 2.05) is 30.3 Å². The fraction of sp³-hybridized carbons (Fsp3) is 0.263. The van der Waals surface area contributed by atoms with Crippen LogP contribution in [-0.2, 0) is 11.2 Å². The summed E-state index contributed by atoms with van der Waals surface area (Å²) in [5.41, 5.74) is 1.83. The maximum absolute atomic E-state index is 12.0. The van der Waals surface area contributed by atoms with Crippen molar-refractivity contribution in [1.82, 2.24) is 5.32 Å². The summed E-state index contributed by atoms with van der Waals surface area (Å²) in [6.07, 6.45) is 0.930. The number of nitrogens with zero attached hydrogens (tertiary/aromatic N) is 1. The first kappa shape index (κ1) is 16.4. The Morgan fingerprint density at radius 3 is 2.83 bits per heavy atom. The minimum absolute atomic E-state index is 0.0169. The quantitative estimate of drug-likeness (QED) is 0.851. The number of nitrogens with one attached hydrogen (secondary N) is 1. The van der Waals surface area contributed by atoms with Crippen LogP contribution in [0.1, 0.15) is 11.1 Å². The van der Waals surface area contributed by atoms with E-state index in [1.165, 1.54) is 17.3 Å². The van der Waals surface area contributed by atoms with Crippen LogP contribution < -0.4 is 10.1 Å². The van der Waals surface area contributed by atoms with Crippen molar-refractivity contribution in [2.24, 2.45) is 5.92 Å². The molecule has 1 atom stereocenters. The number of fused-ring (bicyclic) bond motifs is 1. The van der Waals surface area contributed by atoms with Gasteiger partial charge in [0.2, 0.25) is 5.91 Å². The number of carbonyl (C=O) groups excluding carboxylic acids is 1. The molecule has 1 N–H and O–H groups in total. The summed E-state index contributed by atoms with van der Waals surface area (Å²) in [4.78, 5) is 13.0. The second kappa shape index (κ2) is 7.89. The van der Waals surface area contributed by atoms with Crippen LogP contribution in [0.25, 0.3) is 0 Å². The lowest BCUT2D eigenvalue weighted by Crippen LogP contribution is -2.35. The highest BCUT2D eigenvalue weighted by Gasteiger charge is 2.19. The van der Waals surface area contributed by atoms with Gasteiger partial charge >= 0.3 is 0 Å². The van der Waals surface area contributed by atoms with Gasteiger partial charge in [0.25, 0.3) is 0 Å². The molecule has 2 aromatic carbocycles. The van der Waals surface area contributed by atoms with E-state index in [4.69, 9.17) is 10.00 Å².